The second-order valence-electron chi connectivity index (χ2n) is 22.6. The molecule has 14 rings (SSSR count). The average molecular weight is 1070 g/mol. The molecule has 7 aliphatic rings. The van der Waals surface area contributed by atoms with Gasteiger partial charge in [-0.15, -0.1) is 0 Å². The molecule has 5 saturated carbocycles. The quantitative estimate of drug-likeness (QED) is 0.0503. The molecule has 2 atom stereocenters. The van der Waals surface area contributed by atoms with Crippen molar-refractivity contribution in [3.05, 3.63) is 210 Å². The summed E-state index contributed by atoms with van der Waals surface area (Å²) in [6.45, 7) is 15.4. The second-order valence-corrected chi connectivity index (χ2v) is 22.6. The first-order valence-corrected chi connectivity index (χ1v) is 28.9. The average Bonchev–Trinajstić information content (AvgIpc) is 3.99. The van der Waals surface area contributed by atoms with E-state index in [1.54, 1.807) is 50.4 Å². The maximum atomic E-state index is 11.5. The van der Waals surface area contributed by atoms with Gasteiger partial charge in [-0.05, 0) is 169 Å². The lowest BCUT2D eigenvalue weighted by atomic mass is 9.49. The lowest BCUT2D eigenvalue weighted by Crippen LogP contribution is -2.53. The van der Waals surface area contributed by atoms with Crippen molar-refractivity contribution in [1.82, 2.24) is 0 Å². The summed E-state index contributed by atoms with van der Waals surface area (Å²) >= 11 is 0. The topological polar surface area (TPSA) is 83.5 Å². The number of fused-ring (bicyclic) bond motifs is 2. The molecule has 7 aromatic rings. The lowest BCUT2D eigenvalue weighted by Gasteiger charge is -2.58. The van der Waals surface area contributed by atoms with Crippen LogP contribution in [0.5, 0.6) is 23.0 Å². The molecule has 0 spiro atoms. The minimum absolute atomic E-state index is 0.101. The summed E-state index contributed by atoms with van der Waals surface area (Å²) in [4.78, 5) is 11.5. The van der Waals surface area contributed by atoms with E-state index in [4.69, 9.17) is 23.7 Å². The lowest BCUT2D eigenvalue weighted by molar-refractivity contribution is -0.204. The van der Waals surface area contributed by atoms with E-state index in [0.717, 1.165) is 59.3 Å². The Hall–Kier alpha value is -7.45. The van der Waals surface area contributed by atoms with Gasteiger partial charge in [0.15, 0.2) is 6.29 Å². The monoisotopic (exact) mass is 1070 g/mol. The number of hydrogen-bond donors (Lipinski definition) is 1. The van der Waals surface area contributed by atoms with Crippen molar-refractivity contribution in [1.29, 1.82) is 0 Å². The highest BCUT2D eigenvalue weighted by molar-refractivity contribution is 6.04. The summed E-state index contributed by atoms with van der Waals surface area (Å²) in [5.74, 6) is 5.47. The first kappa shape index (κ1) is 57.2. The van der Waals surface area contributed by atoms with Crippen molar-refractivity contribution in [2.45, 2.75) is 110 Å². The predicted molar refractivity (Wildman–Crippen MR) is 330 cm³/mol. The Morgan fingerprint density at radius 3 is 1.81 bits per heavy atom. The maximum absolute atomic E-state index is 11.5. The van der Waals surface area contributed by atoms with Gasteiger partial charge in [-0.2, -0.15) is 0 Å². The zero-order valence-electron chi connectivity index (χ0n) is 47.2. The molecule has 80 heavy (non-hydrogen) atoms. The third-order valence-electron chi connectivity index (χ3n) is 16.7. The van der Waals surface area contributed by atoms with Crippen molar-refractivity contribution < 1.29 is 33.6 Å². The Kier molecular flexibility index (Phi) is 19.8. The number of esters is 1. The van der Waals surface area contributed by atoms with Gasteiger partial charge in [-0.25, -0.2) is 4.79 Å². The zero-order chi connectivity index (χ0) is 55.8. The fourth-order valence-corrected chi connectivity index (χ4v) is 13.1. The van der Waals surface area contributed by atoms with Gasteiger partial charge in [0.25, 0.3) is 0 Å². The van der Waals surface area contributed by atoms with E-state index in [-0.39, 0.29) is 23.7 Å². The Labute approximate surface area is 475 Å². The van der Waals surface area contributed by atoms with Crippen LogP contribution >= 0.6 is 0 Å². The smallest absolute Gasteiger partial charge is 0.338 e. The van der Waals surface area contributed by atoms with E-state index >= 15 is 0 Å². The van der Waals surface area contributed by atoms with Crippen LogP contribution in [0.1, 0.15) is 124 Å². The number of carbonyl (C=O) groups is 1. The maximum Gasteiger partial charge on any atom is 0.338 e. The van der Waals surface area contributed by atoms with Crippen LogP contribution in [0.15, 0.2) is 177 Å². The molecule has 0 radical (unpaired) electrons. The molecule has 0 aromatic heterocycles. The number of methoxy groups -OCH3 is 1. The minimum Gasteiger partial charge on any atom is -0.507 e. The molecule has 0 aliphatic heterocycles. The van der Waals surface area contributed by atoms with Crippen molar-refractivity contribution in [3.63, 3.8) is 0 Å². The van der Waals surface area contributed by atoms with Gasteiger partial charge in [-0.1, -0.05) is 197 Å². The fraction of sp³-hybridized carbons (Fsp3) is 0.329. The first-order valence-electron chi connectivity index (χ1n) is 28.9. The fourth-order valence-electron chi connectivity index (χ4n) is 13.1. The Morgan fingerprint density at radius 2 is 1.23 bits per heavy atom. The molecule has 0 saturated heterocycles. The highest BCUT2D eigenvalue weighted by Crippen LogP contribution is 2.62. The van der Waals surface area contributed by atoms with Crippen LogP contribution in [-0.2, 0) is 20.7 Å². The van der Waals surface area contributed by atoms with Crippen molar-refractivity contribution in [3.8, 4) is 23.0 Å². The zero-order valence-corrected chi connectivity index (χ0v) is 47.2. The van der Waals surface area contributed by atoms with Gasteiger partial charge in [0.05, 0.1) is 6.61 Å². The van der Waals surface area contributed by atoms with E-state index in [1.807, 2.05) is 55.5 Å². The summed E-state index contributed by atoms with van der Waals surface area (Å²) < 4.78 is 28.8. The van der Waals surface area contributed by atoms with E-state index < -0.39 is 5.97 Å². The molecule has 0 heterocycles. The number of carbonyl (C=O) groups excluding carboxylic acids is 1. The van der Waals surface area contributed by atoms with E-state index in [2.05, 4.69) is 117 Å². The molecule has 0 amide bonds. The van der Waals surface area contributed by atoms with Gasteiger partial charge in [0, 0.05) is 28.9 Å². The standard InChI is InChI=1S/C20H26O2.C18H26O2.C14H12O3.C12H8.C9H8/c1-3-14-4-6-18(7-5-14)22-19(21-2)20-11-15-8-16(12-20)10-17(9-15)13-20;1-3-16-9-11-18(12-10-16)20-15(2)19-14-13-17-7-5-4-6-8-17;1-9(2)14(16)17-13-8-4-5-10-11(13)6-3-7-12(10)15;1-3-9-4-2-6-11-8-7-10(5-1)12(9)11;1-2-5-9-7-3-6-8(9)4-1/h3-7,15-17,19H,1,8-13H2,2H3;3,9-12,15,17H,1,4-8,13-14H2,2H3;3-8,15H,1H2,2H3;1-8H;1-6H,7H2. The predicted octanol–water partition coefficient (Wildman–Crippen LogP) is 18.5. The van der Waals surface area contributed by atoms with E-state index in [9.17, 15) is 9.90 Å². The summed E-state index contributed by atoms with van der Waals surface area (Å²) in [5, 5.41) is 13.8. The van der Waals surface area contributed by atoms with Crippen LogP contribution in [0.3, 0.4) is 0 Å². The van der Waals surface area contributed by atoms with Gasteiger partial charge in [0.2, 0.25) is 6.29 Å². The number of benzene rings is 7. The highest BCUT2D eigenvalue weighted by atomic mass is 16.7. The van der Waals surface area contributed by atoms with Gasteiger partial charge in [0.1, 0.15) is 23.0 Å². The SMILES string of the molecule is C1=Cc2cccc3cccc1c23.C1=Cc2ccccc2C1.C=C(C)C(=O)Oc1cccc2c(O)cccc12.C=Cc1ccc(OC(C)OCCC2CCCCC2)cc1.C=Cc1ccc(OC(OC)C23CC4CC(CC(C4)C2)C3)cc1. The minimum atomic E-state index is -0.471. The third-order valence-corrected chi connectivity index (χ3v) is 16.7. The molecule has 7 heteroatoms. The van der Waals surface area contributed by atoms with Gasteiger partial charge < -0.3 is 28.8 Å². The number of aromatic hydroxyl groups is 1. The summed E-state index contributed by atoms with van der Waals surface area (Å²) in [7, 11) is 1.81. The molecule has 7 aliphatic carbocycles. The molecule has 7 aromatic carbocycles. The normalized spacial score (nSPS) is 20.2. The van der Waals surface area contributed by atoms with Crippen LogP contribution in [0.2, 0.25) is 0 Å². The number of rotatable bonds is 14. The molecule has 5 fully saturated rings. The Balaban J connectivity index is 0.000000124. The van der Waals surface area contributed by atoms with E-state index in [0.29, 0.717) is 22.1 Å². The largest absolute Gasteiger partial charge is 0.507 e. The molecule has 1 N–H and O–H groups in total. The molecule has 414 valence electrons. The summed E-state index contributed by atoms with van der Waals surface area (Å²) in [6, 6.07) is 47.7. The molecular weight excluding hydrogens is 989 g/mol. The van der Waals surface area contributed by atoms with Gasteiger partial charge >= 0.3 is 5.97 Å². The van der Waals surface area contributed by atoms with Gasteiger partial charge in [-0.3, -0.25) is 0 Å². The van der Waals surface area contributed by atoms with Crippen molar-refractivity contribution in [2.24, 2.45) is 29.1 Å². The summed E-state index contributed by atoms with van der Waals surface area (Å²) in [5.41, 5.74) is 8.35. The van der Waals surface area contributed by atoms with E-state index in [1.165, 1.54) is 110 Å². The Morgan fingerprint density at radius 1 is 0.662 bits per heavy atom. The number of ether oxygens (including phenoxy) is 5. The number of hydrogen-bond acceptors (Lipinski definition) is 7. The Bertz CT molecular complexity index is 3190. The van der Waals surface area contributed by atoms with Crippen molar-refractivity contribution >= 4 is 57.9 Å². The van der Waals surface area contributed by atoms with Crippen LogP contribution in [0.4, 0.5) is 0 Å². The molecule has 2 unspecified atom stereocenters. The van der Waals surface area contributed by atoms with Crippen molar-refractivity contribution in [2.75, 3.05) is 13.7 Å². The molecule has 7 nitrogen and oxygen atoms in total. The first-order chi connectivity index (χ1) is 39.0. The number of allylic oxidation sites excluding steroid dienone is 1. The molecular formula is C73H80O7. The highest BCUT2D eigenvalue weighted by Gasteiger charge is 2.55. The summed E-state index contributed by atoms with van der Waals surface area (Å²) in [6.07, 6.45) is 29.6. The van der Waals surface area contributed by atoms with Crippen LogP contribution in [-0.4, -0.2) is 37.4 Å². The van der Waals surface area contributed by atoms with Crippen LogP contribution in [0, 0.1) is 29.1 Å². The number of phenolic OH excluding ortho intramolecular Hbond substituents is 1. The van der Waals surface area contributed by atoms with Crippen LogP contribution < -0.4 is 14.2 Å². The van der Waals surface area contributed by atoms with Crippen LogP contribution in [0.25, 0.3) is 51.9 Å². The third kappa shape index (κ3) is 14.9. The second kappa shape index (κ2) is 27.6. The number of phenols is 1. The molecule has 4 bridgehead atoms.